The Hall–Kier alpha value is -15.1. The number of furan rings is 2. The number of hydrogen-bond acceptors (Lipinski definition) is 4. The van der Waals surface area contributed by atoms with E-state index in [1.165, 1.54) is 54.9 Å². The Balaban J connectivity index is 0.571. The molecule has 534 valence electrons. The lowest BCUT2D eigenvalue weighted by atomic mass is 9.93. The summed E-state index contributed by atoms with van der Waals surface area (Å²) >= 11 is 0. The van der Waals surface area contributed by atoms with Gasteiger partial charge in [-0.25, -0.2) is 0 Å². The molecule has 0 unspecified atom stereocenters. The topological polar surface area (TPSA) is 32.8 Å². The second-order valence-corrected chi connectivity index (χ2v) is 29.4. The molecule has 19 aromatic carbocycles. The van der Waals surface area contributed by atoms with Crippen LogP contribution in [0.25, 0.3) is 177 Å². The highest BCUT2D eigenvalue weighted by Gasteiger charge is 2.23. The number of benzene rings is 19. The van der Waals surface area contributed by atoms with Crippen molar-refractivity contribution in [3.8, 4) is 111 Å². The van der Waals surface area contributed by atoms with Gasteiger partial charge in [0.1, 0.15) is 22.3 Å². The van der Waals surface area contributed by atoms with Gasteiger partial charge in [0.15, 0.2) is 0 Å². The van der Waals surface area contributed by atoms with Crippen LogP contribution >= 0.6 is 0 Å². The fraction of sp³-hybridized carbons (Fsp3) is 0. The molecule has 0 saturated heterocycles. The van der Waals surface area contributed by atoms with Crippen LogP contribution < -0.4 is 9.80 Å². The SMILES string of the molecule is c1ccc(-c2cccc(-c3ccccc3N(c3ccc(-c4cccc(-c5ccc6ccccc6c5)c4)cc3)c3ccc(-c4cccc5c4oc4ccc(-c6cccc7cc(-c8cccc(-c9ccc(N(c%10ccc(-c%11cccc%12c%11oc%11ccccc%11%12)cc%10)c%10ccccc%10-c%10ccccc%10)cc9)c8)ccc67)cc45)cc3)c2)cc1. The zero-order valence-corrected chi connectivity index (χ0v) is 62.3. The van der Waals surface area contributed by atoms with Crippen LogP contribution in [0, 0.1) is 0 Å². The maximum absolute atomic E-state index is 6.93. The molecular formula is C110H72N2O2. The van der Waals surface area contributed by atoms with Crippen molar-refractivity contribution < 1.29 is 8.83 Å². The molecule has 0 amide bonds. The highest BCUT2D eigenvalue weighted by Crippen LogP contribution is 2.48. The molecule has 4 heteroatoms. The first-order chi connectivity index (χ1) is 56.5. The van der Waals surface area contributed by atoms with E-state index in [4.69, 9.17) is 8.83 Å². The predicted molar refractivity (Wildman–Crippen MR) is 480 cm³/mol. The van der Waals surface area contributed by atoms with Crippen LogP contribution in [-0.4, -0.2) is 0 Å². The largest absolute Gasteiger partial charge is 0.455 e. The first-order valence-corrected chi connectivity index (χ1v) is 39.0. The van der Waals surface area contributed by atoms with E-state index in [2.05, 4.69) is 434 Å². The standard InChI is InChI=1S/C110H72N2O2/c1-3-21-73(22-4-1)83-29-17-32-89(70-83)98-35-10-13-43-106(98)112(92-59-49-75(50-60-92)81-27-15-30-84(67-81)86-46-45-74-23-7-8-26-80(74)69-86)94-63-53-79(54-64-94)100-39-20-41-103-104-72-90(56-66-108(104)114-110(100)103)95-37-18-33-88-71-87(55-65-96(88)95)85-31-16-28-82(68-85)76-47-57-91(58-48-76)111(105-42-12-9-34-97(105)77-24-5-2-6-25-77)93-61-51-78(52-62-93)99-38-19-40-102-101-36-11-14-44-107(101)113-109(99)102/h1-72H. The molecule has 0 aliphatic rings. The third-order valence-electron chi connectivity index (χ3n) is 22.7. The smallest absolute Gasteiger partial charge is 0.143 e. The molecule has 0 saturated carbocycles. The van der Waals surface area contributed by atoms with E-state index < -0.39 is 0 Å². The summed E-state index contributed by atoms with van der Waals surface area (Å²) in [5, 5.41) is 9.24. The number of nitrogens with zero attached hydrogens (tertiary/aromatic N) is 2. The van der Waals surface area contributed by atoms with Gasteiger partial charge in [-0.1, -0.05) is 328 Å². The maximum Gasteiger partial charge on any atom is 0.143 e. The third kappa shape index (κ3) is 12.4. The molecule has 0 aliphatic heterocycles. The molecule has 2 heterocycles. The molecule has 114 heavy (non-hydrogen) atoms. The number of anilines is 6. The molecule has 21 rings (SSSR count). The van der Waals surface area contributed by atoms with E-state index in [1.54, 1.807) is 0 Å². The van der Waals surface area contributed by atoms with Gasteiger partial charge < -0.3 is 18.6 Å². The summed E-state index contributed by atoms with van der Waals surface area (Å²) in [4.78, 5) is 4.77. The van der Waals surface area contributed by atoms with Gasteiger partial charge in [0.25, 0.3) is 0 Å². The number of hydrogen-bond donors (Lipinski definition) is 0. The normalized spacial score (nSPS) is 11.5. The van der Waals surface area contributed by atoms with E-state index in [-0.39, 0.29) is 0 Å². The Kier molecular flexibility index (Phi) is 16.9. The minimum Gasteiger partial charge on any atom is -0.455 e. The van der Waals surface area contributed by atoms with Crippen molar-refractivity contribution >= 4 is 99.5 Å². The molecule has 0 atom stereocenters. The van der Waals surface area contributed by atoms with Gasteiger partial charge in [0.2, 0.25) is 0 Å². The van der Waals surface area contributed by atoms with Crippen LogP contribution in [-0.2, 0) is 0 Å². The van der Waals surface area contributed by atoms with Crippen LogP contribution in [0.4, 0.5) is 34.1 Å². The molecule has 4 nitrogen and oxygen atoms in total. The van der Waals surface area contributed by atoms with Gasteiger partial charge in [-0.15, -0.1) is 0 Å². The van der Waals surface area contributed by atoms with E-state index in [0.29, 0.717) is 0 Å². The quantitative estimate of drug-likeness (QED) is 0.0965. The summed E-state index contributed by atoms with van der Waals surface area (Å²) in [6.07, 6.45) is 0. The van der Waals surface area contributed by atoms with Gasteiger partial charge >= 0.3 is 0 Å². The molecule has 0 fully saturated rings. The number of para-hydroxylation sites is 5. The van der Waals surface area contributed by atoms with E-state index in [9.17, 15) is 0 Å². The Labute approximate surface area is 661 Å². The van der Waals surface area contributed by atoms with Crippen molar-refractivity contribution in [3.05, 3.63) is 437 Å². The Morgan fingerprint density at radius 2 is 0.474 bits per heavy atom. The average molecular weight is 1450 g/mol. The minimum absolute atomic E-state index is 0.850. The highest BCUT2D eigenvalue weighted by atomic mass is 16.3. The summed E-state index contributed by atoms with van der Waals surface area (Å²) in [6.45, 7) is 0. The second kappa shape index (κ2) is 28.7. The number of rotatable bonds is 16. The van der Waals surface area contributed by atoms with Crippen molar-refractivity contribution in [3.63, 3.8) is 0 Å². The van der Waals surface area contributed by atoms with Crippen molar-refractivity contribution in [1.29, 1.82) is 0 Å². The molecule has 0 N–H and O–H groups in total. The Bertz CT molecular complexity index is 7200. The van der Waals surface area contributed by atoms with Gasteiger partial charge in [0, 0.05) is 66.5 Å². The average Bonchev–Trinajstić information content (AvgIpc) is 1.58. The van der Waals surface area contributed by atoms with Crippen LogP contribution in [0.1, 0.15) is 0 Å². The lowest BCUT2D eigenvalue weighted by Gasteiger charge is -2.28. The fourth-order valence-corrected chi connectivity index (χ4v) is 17.0. The predicted octanol–water partition coefficient (Wildman–Crippen LogP) is 31.4. The van der Waals surface area contributed by atoms with Gasteiger partial charge in [0.05, 0.1) is 11.4 Å². The van der Waals surface area contributed by atoms with E-state index in [1.807, 2.05) is 12.1 Å². The first-order valence-electron chi connectivity index (χ1n) is 39.0. The molecule has 0 bridgehead atoms. The summed E-state index contributed by atoms with van der Waals surface area (Å²) in [6, 6.07) is 158. The van der Waals surface area contributed by atoms with Crippen molar-refractivity contribution in [1.82, 2.24) is 0 Å². The van der Waals surface area contributed by atoms with Crippen LogP contribution in [0.3, 0.4) is 0 Å². The zero-order chi connectivity index (χ0) is 75.4. The fourth-order valence-electron chi connectivity index (χ4n) is 17.0. The van der Waals surface area contributed by atoms with Crippen LogP contribution in [0.5, 0.6) is 0 Å². The molecule has 21 aromatic rings. The van der Waals surface area contributed by atoms with Crippen LogP contribution in [0.2, 0.25) is 0 Å². The first kappa shape index (κ1) is 67.0. The summed E-state index contributed by atoms with van der Waals surface area (Å²) in [5.74, 6) is 0. The molecular weight excluding hydrogens is 1380 g/mol. The second-order valence-electron chi connectivity index (χ2n) is 29.4. The Morgan fingerprint density at radius 1 is 0.149 bits per heavy atom. The zero-order valence-electron chi connectivity index (χ0n) is 62.3. The number of fused-ring (bicyclic) bond motifs is 8. The minimum atomic E-state index is 0.850. The summed E-state index contributed by atoms with van der Waals surface area (Å²) in [7, 11) is 0. The van der Waals surface area contributed by atoms with Crippen LogP contribution in [0.15, 0.2) is 446 Å². The maximum atomic E-state index is 6.93. The summed E-state index contributed by atoms with van der Waals surface area (Å²) in [5.41, 5.74) is 32.7. The van der Waals surface area contributed by atoms with Gasteiger partial charge in [-0.2, -0.15) is 0 Å². The van der Waals surface area contributed by atoms with E-state index >= 15 is 0 Å². The molecule has 0 aliphatic carbocycles. The molecule has 2 aromatic heterocycles. The lowest BCUT2D eigenvalue weighted by molar-refractivity contribution is 0.669. The third-order valence-corrected chi connectivity index (χ3v) is 22.7. The molecule has 0 spiro atoms. The van der Waals surface area contributed by atoms with Gasteiger partial charge in [-0.3, -0.25) is 0 Å². The lowest BCUT2D eigenvalue weighted by Crippen LogP contribution is -2.11. The van der Waals surface area contributed by atoms with Crippen molar-refractivity contribution in [2.24, 2.45) is 0 Å². The monoisotopic (exact) mass is 1450 g/mol. The van der Waals surface area contributed by atoms with Gasteiger partial charge in [-0.05, 0) is 220 Å². The van der Waals surface area contributed by atoms with Crippen molar-refractivity contribution in [2.75, 3.05) is 9.80 Å². The highest BCUT2D eigenvalue weighted by molar-refractivity contribution is 6.13. The molecule has 0 radical (unpaired) electrons. The Morgan fingerprint density at radius 3 is 1.05 bits per heavy atom. The van der Waals surface area contributed by atoms with E-state index in [0.717, 1.165) is 156 Å². The summed E-state index contributed by atoms with van der Waals surface area (Å²) < 4.78 is 13.4. The van der Waals surface area contributed by atoms with Crippen molar-refractivity contribution in [2.45, 2.75) is 0 Å².